The molecule has 0 saturated carbocycles. The van der Waals surface area contributed by atoms with Gasteiger partial charge in [0.15, 0.2) is 0 Å². The van der Waals surface area contributed by atoms with Crippen LogP contribution in [0.1, 0.15) is 30.8 Å². The highest BCUT2D eigenvalue weighted by Crippen LogP contribution is 2.27. The van der Waals surface area contributed by atoms with Crippen LogP contribution in [0, 0.1) is 6.92 Å². The average molecular weight is 306 g/mol. The van der Waals surface area contributed by atoms with E-state index in [-0.39, 0.29) is 0 Å². The molecule has 0 unspecified atom stereocenters. The number of aryl methyl sites for hydroxylation is 1. The van der Waals surface area contributed by atoms with E-state index in [0.29, 0.717) is 6.04 Å². The van der Waals surface area contributed by atoms with E-state index in [1.165, 1.54) is 5.56 Å². The maximum atomic E-state index is 5.44. The number of nitrogens with zero attached hydrogens (tertiary/aromatic N) is 2. The molecule has 1 aromatic carbocycles. The summed E-state index contributed by atoms with van der Waals surface area (Å²) in [5, 5.41) is 11.2. The summed E-state index contributed by atoms with van der Waals surface area (Å²) < 4.78 is 5.44. The Morgan fingerprint density at radius 1 is 1.38 bits per heavy atom. The Morgan fingerprint density at radius 2 is 2.19 bits per heavy atom. The molecule has 0 atom stereocenters. The van der Waals surface area contributed by atoms with Gasteiger partial charge in [-0.05, 0) is 24.6 Å². The molecule has 0 amide bonds. The molecule has 0 aliphatic rings. The van der Waals surface area contributed by atoms with E-state index in [0.717, 1.165) is 34.6 Å². The maximum absolute atomic E-state index is 5.44. The number of nitrogens with one attached hydrogen (secondary N) is 2. The molecule has 0 fully saturated rings. The van der Waals surface area contributed by atoms with E-state index in [4.69, 9.17) is 4.74 Å². The van der Waals surface area contributed by atoms with Gasteiger partial charge in [-0.15, -0.1) is 5.10 Å². The normalized spacial score (nSPS) is 11.1. The predicted molar refractivity (Wildman–Crippen MR) is 85.7 cm³/mol. The number of aromatic nitrogens is 3. The number of methoxy groups -OCH3 is 1. The molecule has 2 N–H and O–H groups in total. The van der Waals surface area contributed by atoms with Gasteiger partial charge in [-0.3, -0.25) is 5.10 Å². The lowest BCUT2D eigenvalue weighted by molar-refractivity contribution is 0.411. The van der Waals surface area contributed by atoms with Crippen LogP contribution in [-0.4, -0.2) is 28.3 Å². The molecule has 1 heterocycles. The number of rotatable bonds is 7. The van der Waals surface area contributed by atoms with Crippen molar-refractivity contribution in [2.75, 3.05) is 7.11 Å². The molecule has 2 aromatic rings. The van der Waals surface area contributed by atoms with Crippen molar-refractivity contribution in [1.82, 2.24) is 20.5 Å². The van der Waals surface area contributed by atoms with Gasteiger partial charge in [-0.25, -0.2) is 4.98 Å². The number of hydrogen-bond acceptors (Lipinski definition) is 5. The second kappa shape index (κ2) is 7.47. The first-order chi connectivity index (χ1) is 10.1. The summed E-state index contributed by atoms with van der Waals surface area (Å²) in [4.78, 5) is 4.31. The maximum Gasteiger partial charge on any atom is 0.208 e. The highest BCUT2D eigenvalue weighted by Gasteiger charge is 2.08. The summed E-state index contributed by atoms with van der Waals surface area (Å²) in [5.41, 5.74) is 2.42. The van der Waals surface area contributed by atoms with Crippen LogP contribution in [0.4, 0.5) is 0 Å². The number of benzene rings is 1. The first-order valence-electron chi connectivity index (χ1n) is 6.99. The fourth-order valence-corrected chi connectivity index (χ4v) is 2.73. The molecule has 1 aromatic heterocycles. The van der Waals surface area contributed by atoms with E-state index in [2.05, 4.69) is 46.5 Å². The molecule has 6 heteroatoms. The number of aromatic amines is 1. The first-order valence-corrected chi connectivity index (χ1v) is 7.98. The van der Waals surface area contributed by atoms with Crippen molar-refractivity contribution < 1.29 is 4.74 Å². The van der Waals surface area contributed by atoms with Gasteiger partial charge in [-0.2, -0.15) is 0 Å². The molecule has 114 valence electrons. The van der Waals surface area contributed by atoms with Gasteiger partial charge in [0.2, 0.25) is 5.16 Å². The van der Waals surface area contributed by atoms with Crippen molar-refractivity contribution in [3.05, 3.63) is 35.2 Å². The van der Waals surface area contributed by atoms with Gasteiger partial charge in [0.25, 0.3) is 0 Å². The molecular formula is C15H22N4OS. The Morgan fingerprint density at radius 3 is 2.81 bits per heavy atom. The lowest BCUT2D eigenvalue weighted by Crippen LogP contribution is -2.21. The summed E-state index contributed by atoms with van der Waals surface area (Å²) in [6.07, 6.45) is 0. The first kappa shape index (κ1) is 15.9. The van der Waals surface area contributed by atoms with Gasteiger partial charge >= 0.3 is 0 Å². The minimum Gasteiger partial charge on any atom is -0.496 e. The van der Waals surface area contributed by atoms with Crippen LogP contribution in [0.3, 0.4) is 0 Å². The zero-order chi connectivity index (χ0) is 15.2. The quantitative estimate of drug-likeness (QED) is 0.770. The van der Waals surface area contributed by atoms with Crippen LogP contribution in [0.5, 0.6) is 5.75 Å². The molecule has 5 nitrogen and oxygen atoms in total. The minimum absolute atomic E-state index is 0.473. The van der Waals surface area contributed by atoms with Gasteiger partial charge in [0.05, 0.1) is 7.11 Å². The number of thioether (sulfide) groups is 1. The molecule has 0 bridgehead atoms. The van der Waals surface area contributed by atoms with Crippen LogP contribution in [0.2, 0.25) is 0 Å². The summed E-state index contributed by atoms with van der Waals surface area (Å²) in [6, 6.07) is 6.78. The van der Waals surface area contributed by atoms with E-state index >= 15 is 0 Å². The summed E-state index contributed by atoms with van der Waals surface area (Å²) in [5.74, 6) is 2.53. The Kier molecular flexibility index (Phi) is 5.64. The van der Waals surface area contributed by atoms with Crippen LogP contribution in [0.15, 0.2) is 23.4 Å². The van der Waals surface area contributed by atoms with Crippen molar-refractivity contribution in [2.24, 2.45) is 0 Å². The molecule has 0 spiro atoms. The number of H-pyrrole nitrogens is 1. The largest absolute Gasteiger partial charge is 0.496 e. The van der Waals surface area contributed by atoms with Crippen molar-refractivity contribution in [3.63, 3.8) is 0 Å². The summed E-state index contributed by atoms with van der Waals surface area (Å²) in [6.45, 7) is 7.05. The van der Waals surface area contributed by atoms with Crippen LogP contribution < -0.4 is 10.1 Å². The zero-order valence-electron chi connectivity index (χ0n) is 12.9. The predicted octanol–water partition coefficient (Wildman–Crippen LogP) is 2.91. The molecule has 0 saturated heterocycles. The lowest BCUT2D eigenvalue weighted by atomic mass is 10.1. The molecule has 0 aliphatic heterocycles. The van der Waals surface area contributed by atoms with Crippen molar-refractivity contribution in [3.8, 4) is 5.75 Å². The van der Waals surface area contributed by atoms with Crippen molar-refractivity contribution in [2.45, 2.75) is 44.3 Å². The summed E-state index contributed by atoms with van der Waals surface area (Å²) in [7, 11) is 1.70. The lowest BCUT2D eigenvalue weighted by Gasteiger charge is -2.12. The highest BCUT2D eigenvalue weighted by atomic mass is 32.2. The highest BCUT2D eigenvalue weighted by molar-refractivity contribution is 7.98. The second-order valence-electron chi connectivity index (χ2n) is 5.17. The number of hydrogen-bond donors (Lipinski definition) is 2. The molecule has 2 rings (SSSR count). The average Bonchev–Trinajstić information content (AvgIpc) is 2.88. The van der Waals surface area contributed by atoms with E-state index < -0.39 is 0 Å². The topological polar surface area (TPSA) is 62.8 Å². The van der Waals surface area contributed by atoms with Crippen LogP contribution in [-0.2, 0) is 12.3 Å². The van der Waals surface area contributed by atoms with Gasteiger partial charge in [-0.1, -0.05) is 31.7 Å². The third kappa shape index (κ3) is 4.75. The molecule has 21 heavy (non-hydrogen) atoms. The Bertz CT molecular complexity index is 583. The van der Waals surface area contributed by atoms with Crippen molar-refractivity contribution in [1.29, 1.82) is 0 Å². The third-order valence-electron chi connectivity index (χ3n) is 2.99. The Balaban J connectivity index is 2.06. The second-order valence-corrected chi connectivity index (χ2v) is 6.12. The summed E-state index contributed by atoms with van der Waals surface area (Å²) >= 11 is 1.60. The van der Waals surface area contributed by atoms with Gasteiger partial charge in [0.1, 0.15) is 11.6 Å². The van der Waals surface area contributed by atoms with E-state index in [1.807, 2.05) is 13.0 Å². The van der Waals surface area contributed by atoms with E-state index in [1.54, 1.807) is 18.9 Å². The van der Waals surface area contributed by atoms with Crippen LogP contribution in [0.25, 0.3) is 0 Å². The smallest absolute Gasteiger partial charge is 0.208 e. The fourth-order valence-electron chi connectivity index (χ4n) is 1.91. The monoisotopic (exact) mass is 306 g/mol. The SMILES string of the molecule is COc1ccc(CNC(C)C)cc1CSc1n[nH]c(C)n1. The third-order valence-corrected chi connectivity index (χ3v) is 3.89. The molecule has 0 radical (unpaired) electrons. The molecular weight excluding hydrogens is 284 g/mol. The minimum atomic E-state index is 0.473. The van der Waals surface area contributed by atoms with Crippen molar-refractivity contribution >= 4 is 11.8 Å². The Labute approximate surface area is 129 Å². The standard InChI is InChI=1S/C15H22N4OS/c1-10(2)16-8-12-5-6-14(20-4)13(7-12)9-21-15-17-11(3)18-19-15/h5-7,10,16H,8-9H2,1-4H3,(H,17,18,19). The van der Waals surface area contributed by atoms with Gasteiger partial charge in [0, 0.05) is 23.9 Å². The fraction of sp³-hybridized carbons (Fsp3) is 0.467. The zero-order valence-corrected chi connectivity index (χ0v) is 13.8. The number of ether oxygens (including phenoxy) is 1. The van der Waals surface area contributed by atoms with Crippen LogP contribution >= 0.6 is 11.8 Å². The molecule has 0 aliphatic carbocycles. The Hall–Kier alpha value is -1.53. The van der Waals surface area contributed by atoms with E-state index in [9.17, 15) is 0 Å². The van der Waals surface area contributed by atoms with Gasteiger partial charge < -0.3 is 10.1 Å².